The number of carbonyl (C=O) groups is 2. The van der Waals surface area contributed by atoms with Crippen LogP contribution in [0.1, 0.15) is 20.7 Å². The van der Waals surface area contributed by atoms with Crippen molar-refractivity contribution < 1.29 is 59.9 Å². The lowest BCUT2D eigenvalue weighted by Gasteiger charge is -2.22. The summed E-state index contributed by atoms with van der Waals surface area (Å²) < 4.78 is 9.76. The summed E-state index contributed by atoms with van der Waals surface area (Å²) in [6.07, 6.45) is -3.29. The zero-order valence-electron chi connectivity index (χ0n) is 15.1. The van der Waals surface area contributed by atoms with Crippen molar-refractivity contribution in [3.05, 3.63) is 35.4 Å². The predicted octanol–water partition coefficient (Wildman–Crippen LogP) is -0.344. The molecule has 2 aromatic carbocycles. The van der Waals surface area contributed by atoms with E-state index in [4.69, 9.17) is 14.6 Å². The molecule has 12 nitrogen and oxygen atoms in total. The van der Waals surface area contributed by atoms with Gasteiger partial charge in [0.1, 0.15) is 12.7 Å². The van der Waals surface area contributed by atoms with E-state index in [1.165, 1.54) is 0 Å². The highest BCUT2D eigenvalue weighted by molar-refractivity contribution is 5.92. The molecular formula is C18H18O12. The van der Waals surface area contributed by atoms with Gasteiger partial charge in [-0.2, -0.15) is 0 Å². The molecule has 0 radical (unpaired) electrons. The second-order valence-corrected chi connectivity index (χ2v) is 6.02. The Morgan fingerprint density at radius 2 is 1.17 bits per heavy atom. The van der Waals surface area contributed by atoms with Crippen LogP contribution < -0.4 is 0 Å². The summed E-state index contributed by atoms with van der Waals surface area (Å²) in [6, 6.07) is 3.13. The fourth-order valence-corrected chi connectivity index (χ4v) is 2.23. The smallest absolute Gasteiger partial charge is 0.338 e. The standard InChI is InChI=1S/C18H18O12/c19-5-13(24)14(30-18(28)8-3-11(22)16(26)12(23)4-8)6-29-17(27)7-1-9(20)15(25)10(21)2-7/h1-4,13-14,19-26H,5-6H2/t13-,14+/m1/s1. The molecule has 0 spiro atoms. The Kier molecular flexibility index (Phi) is 6.77. The largest absolute Gasteiger partial charge is 0.504 e. The molecule has 0 aromatic heterocycles. The highest BCUT2D eigenvalue weighted by Gasteiger charge is 2.27. The Labute approximate surface area is 168 Å². The van der Waals surface area contributed by atoms with Crippen molar-refractivity contribution in [2.75, 3.05) is 13.2 Å². The first-order chi connectivity index (χ1) is 14.0. The van der Waals surface area contributed by atoms with Crippen LogP contribution in [-0.4, -0.2) is 78.2 Å². The van der Waals surface area contributed by atoms with Crippen molar-refractivity contribution in [2.24, 2.45) is 0 Å². The maximum Gasteiger partial charge on any atom is 0.338 e. The minimum absolute atomic E-state index is 0.375. The summed E-state index contributed by atoms with van der Waals surface area (Å²) in [4.78, 5) is 24.2. The van der Waals surface area contributed by atoms with Crippen molar-refractivity contribution in [3.8, 4) is 34.5 Å². The van der Waals surface area contributed by atoms with E-state index in [1.807, 2.05) is 0 Å². The third kappa shape index (κ3) is 4.92. The summed E-state index contributed by atoms with van der Waals surface area (Å²) in [6.45, 7) is -1.66. The topological polar surface area (TPSA) is 214 Å². The fraction of sp³-hybridized carbons (Fsp3) is 0.222. The lowest BCUT2D eigenvalue weighted by atomic mass is 10.1. The van der Waals surface area contributed by atoms with Gasteiger partial charge in [0.25, 0.3) is 0 Å². The number of phenols is 6. The molecule has 0 heterocycles. The Hall–Kier alpha value is -3.90. The number of aromatic hydroxyl groups is 6. The molecule has 0 saturated carbocycles. The normalized spacial score (nSPS) is 12.7. The molecule has 8 N–H and O–H groups in total. The molecule has 0 amide bonds. The van der Waals surface area contributed by atoms with Crippen LogP contribution in [-0.2, 0) is 9.47 Å². The SMILES string of the molecule is O=C(OC[C@H](OC(=O)c1cc(O)c(O)c(O)c1)[C@H](O)CO)c1cc(O)c(O)c(O)c1. The number of ether oxygens (including phenoxy) is 2. The van der Waals surface area contributed by atoms with E-state index in [-0.39, 0.29) is 5.56 Å². The van der Waals surface area contributed by atoms with Gasteiger partial charge in [0.2, 0.25) is 0 Å². The molecule has 2 atom stereocenters. The zero-order valence-corrected chi connectivity index (χ0v) is 15.1. The van der Waals surface area contributed by atoms with Crippen LogP contribution in [0.3, 0.4) is 0 Å². The molecule has 0 fully saturated rings. The Morgan fingerprint density at radius 3 is 1.57 bits per heavy atom. The number of benzene rings is 2. The van der Waals surface area contributed by atoms with Crippen LogP contribution >= 0.6 is 0 Å². The molecule has 30 heavy (non-hydrogen) atoms. The third-order valence-electron chi connectivity index (χ3n) is 3.86. The molecule has 0 saturated heterocycles. The summed E-state index contributed by atoms with van der Waals surface area (Å²) in [5.74, 6) is -7.29. The maximum absolute atomic E-state index is 12.2. The monoisotopic (exact) mass is 426 g/mol. The lowest BCUT2D eigenvalue weighted by Crippen LogP contribution is -2.38. The number of hydrogen-bond acceptors (Lipinski definition) is 12. The number of aliphatic hydroxyl groups excluding tert-OH is 2. The van der Waals surface area contributed by atoms with E-state index in [0.717, 1.165) is 24.3 Å². The number of rotatable bonds is 7. The van der Waals surface area contributed by atoms with Crippen molar-refractivity contribution in [2.45, 2.75) is 12.2 Å². The van der Waals surface area contributed by atoms with Crippen LogP contribution in [0.2, 0.25) is 0 Å². The van der Waals surface area contributed by atoms with Crippen molar-refractivity contribution >= 4 is 11.9 Å². The Bertz CT molecular complexity index is 908. The first kappa shape index (κ1) is 22.4. The summed E-state index contributed by atoms with van der Waals surface area (Å²) in [5.41, 5.74) is -0.794. The molecule has 162 valence electrons. The van der Waals surface area contributed by atoms with Crippen molar-refractivity contribution in [1.29, 1.82) is 0 Å². The number of esters is 2. The van der Waals surface area contributed by atoms with Gasteiger partial charge in [-0.3, -0.25) is 0 Å². The molecule has 0 aliphatic heterocycles. The summed E-state index contributed by atoms with van der Waals surface area (Å²) in [7, 11) is 0. The molecule has 0 unspecified atom stereocenters. The fourth-order valence-electron chi connectivity index (χ4n) is 2.23. The van der Waals surface area contributed by atoms with Crippen molar-refractivity contribution in [3.63, 3.8) is 0 Å². The van der Waals surface area contributed by atoms with E-state index in [0.29, 0.717) is 0 Å². The average Bonchev–Trinajstić information content (AvgIpc) is 2.71. The van der Waals surface area contributed by atoms with Gasteiger partial charge in [-0.25, -0.2) is 9.59 Å². The highest BCUT2D eigenvalue weighted by atomic mass is 16.6. The molecule has 2 aromatic rings. The van der Waals surface area contributed by atoms with Gasteiger partial charge in [-0.05, 0) is 24.3 Å². The Balaban J connectivity index is 2.13. The molecular weight excluding hydrogens is 408 g/mol. The van der Waals surface area contributed by atoms with E-state index in [1.54, 1.807) is 0 Å². The number of phenolic OH excluding ortho intramolecular Hbond substituents is 6. The van der Waals surface area contributed by atoms with Crippen molar-refractivity contribution in [1.82, 2.24) is 0 Å². The van der Waals surface area contributed by atoms with E-state index in [2.05, 4.69) is 0 Å². The van der Waals surface area contributed by atoms with E-state index in [9.17, 15) is 45.3 Å². The van der Waals surface area contributed by atoms with Gasteiger partial charge in [0.05, 0.1) is 17.7 Å². The average molecular weight is 426 g/mol. The number of aliphatic hydroxyl groups is 2. The molecule has 0 bridgehead atoms. The first-order valence-corrected chi connectivity index (χ1v) is 8.22. The molecule has 0 aliphatic rings. The van der Waals surface area contributed by atoms with Crippen LogP contribution in [0.5, 0.6) is 34.5 Å². The predicted molar refractivity (Wildman–Crippen MR) is 95.5 cm³/mol. The first-order valence-electron chi connectivity index (χ1n) is 8.22. The highest BCUT2D eigenvalue weighted by Crippen LogP contribution is 2.36. The molecule has 12 heteroatoms. The molecule has 0 aliphatic carbocycles. The number of hydrogen-bond donors (Lipinski definition) is 8. The van der Waals surface area contributed by atoms with Gasteiger partial charge in [0, 0.05) is 0 Å². The van der Waals surface area contributed by atoms with Gasteiger partial charge in [-0.15, -0.1) is 0 Å². The minimum Gasteiger partial charge on any atom is -0.504 e. The van der Waals surface area contributed by atoms with Crippen LogP contribution in [0.4, 0.5) is 0 Å². The van der Waals surface area contributed by atoms with Gasteiger partial charge < -0.3 is 50.3 Å². The van der Waals surface area contributed by atoms with E-state index >= 15 is 0 Å². The second kappa shape index (κ2) is 9.07. The number of carbonyl (C=O) groups excluding carboxylic acids is 2. The van der Waals surface area contributed by atoms with Gasteiger partial charge >= 0.3 is 11.9 Å². The maximum atomic E-state index is 12.2. The summed E-state index contributed by atoms with van der Waals surface area (Å²) >= 11 is 0. The second-order valence-electron chi connectivity index (χ2n) is 6.02. The van der Waals surface area contributed by atoms with Gasteiger partial charge in [0.15, 0.2) is 40.6 Å². The van der Waals surface area contributed by atoms with Crippen LogP contribution in [0.15, 0.2) is 24.3 Å². The Morgan fingerprint density at radius 1 is 0.767 bits per heavy atom. The van der Waals surface area contributed by atoms with Gasteiger partial charge in [-0.1, -0.05) is 0 Å². The molecule has 2 rings (SSSR count). The summed E-state index contributed by atoms with van der Waals surface area (Å²) in [5, 5.41) is 75.2. The lowest BCUT2D eigenvalue weighted by molar-refractivity contribution is -0.0618. The van der Waals surface area contributed by atoms with E-state index < -0.39 is 77.4 Å². The zero-order chi connectivity index (χ0) is 22.6. The minimum atomic E-state index is -1.69. The van der Waals surface area contributed by atoms with Crippen LogP contribution in [0, 0.1) is 0 Å². The quantitative estimate of drug-likeness (QED) is 0.211. The van der Waals surface area contributed by atoms with Crippen LogP contribution in [0.25, 0.3) is 0 Å². The third-order valence-corrected chi connectivity index (χ3v) is 3.86.